The molecule has 0 saturated heterocycles. The van der Waals surface area contributed by atoms with Crippen LogP contribution in [0.25, 0.3) is 0 Å². The number of rotatable bonds is 4. The Bertz CT molecular complexity index is 518. The molecule has 1 atom stereocenters. The van der Waals surface area contributed by atoms with Crippen LogP contribution >= 0.6 is 0 Å². The van der Waals surface area contributed by atoms with Crippen LogP contribution in [-0.4, -0.2) is 16.7 Å². The second-order valence-electron chi connectivity index (χ2n) is 4.09. The van der Waals surface area contributed by atoms with Crippen molar-refractivity contribution in [2.24, 2.45) is 0 Å². The van der Waals surface area contributed by atoms with Crippen LogP contribution in [0.4, 0.5) is 0 Å². The van der Waals surface area contributed by atoms with Crippen molar-refractivity contribution in [3.8, 4) is 5.75 Å². The Balaban J connectivity index is 2.19. The van der Waals surface area contributed by atoms with Crippen LogP contribution in [0.2, 0.25) is 0 Å². The molecule has 0 heterocycles. The maximum atomic E-state index is 12.1. The molecule has 3 heteroatoms. The zero-order chi connectivity index (χ0) is 13.0. The largest absolute Gasteiger partial charge is 0.455 e. The first kappa shape index (κ1) is 12.3. The summed E-state index contributed by atoms with van der Waals surface area (Å²) in [5.41, 5.74) is 0.415. The van der Waals surface area contributed by atoms with Crippen molar-refractivity contribution in [2.45, 2.75) is 12.7 Å². The fourth-order valence-corrected chi connectivity index (χ4v) is 1.62. The van der Waals surface area contributed by atoms with E-state index >= 15 is 0 Å². The molecule has 0 aromatic heterocycles. The molecule has 2 aromatic carbocycles. The molecule has 0 radical (unpaired) electrons. The van der Waals surface area contributed by atoms with Crippen LogP contribution in [0, 0.1) is 0 Å². The fraction of sp³-hybridized carbons (Fsp3) is 0.133. The van der Waals surface area contributed by atoms with E-state index in [1.807, 2.05) is 12.1 Å². The average Bonchev–Trinajstić information content (AvgIpc) is 2.39. The lowest BCUT2D eigenvalue weighted by atomic mass is 10.0. The third-order valence-corrected chi connectivity index (χ3v) is 2.52. The molecule has 18 heavy (non-hydrogen) atoms. The molecule has 0 aliphatic carbocycles. The number of ketones is 1. The van der Waals surface area contributed by atoms with Gasteiger partial charge in [0.1, 0.15) is 5.75 Å². The van der Waals surface area contributed by atoms with Crippen molar-refractivity contribution >= 4 is 5.78 Å². The molecule has 0 saturated carbocycles. The third-order valence-electron chi connectivity index (χ3n) is 2.52. The minimum absolute atomic E-state index is 0.415. The molecule has 0 aliphatic rings. The minimum Gasteiger partial charge on any atom is -0.455 e. The van der Waals surface area contributed by atoms with Gasteiger partial charge >= 0.3 is 0 Å². The smallest absolute Gasteiger partial charge is 0.269 e. The van der Waals surface area contributed by atoms with Gasteiger partial charge in [-0.2, -0.15) is 0 Å². The van der Waals surface area contributed by atoms with Gasteiger partial charge in [-0.05, 0) is 12.1 Å². The van der Waals surface area contributed by atoms with Gasteiger partial charge in [0.15, 0.2) is 0 Å². The van der Waals surface area contributed by atoms with Crippen molar-refractivity contribution in [2.75, 3.05) is 0 Å². The summed E-state index contributed by atoms with van der Waals surface area (Å²) in [5, 5.41) is 10.1. The normalized spacial score (nSPS) is 13.7. The Morgan fingerprint density at radius 2 is 1.50 bits per heavy atom. The van der Waals surface area contributed by atoms with Gasteiger partial charge in [-0.25, -0.2) is 0 Å². The molecule has 1 N–H and O–H groups in total. The molecule has 0 spiro atoms. The summed E-state index contributed by atoms with van der Waals surface area (Å²) in [4.78, 5) is 12.1. The first-order valence-corrected chi connectivity index (χ1v) is 5.66. The minimum atomic E-state index is -1.87. The number of carbonyl (C=O) groups is 1. The predicted octanol–water partition coefficient (Wildman–Crippen LogP) is 2.66. The number of ether oxygens (including phenoxy) is 1. The van der Waals surface area contributed by atoms with Crippen molar-refractivity contribution in [3.05, 3.63) is 66.2 Å². The van der Waals surface area contributed by atoms with E-state index in [0.717, 1.165) is 0 Å². The first-order valence-electron chi connectivity index (χ1n) is 5.66. The van der Waals surface area contributed by atoms with Crippen LogP contribution in [-0.2, 0) is 0 Å². The van der Waals surface area contributed by atoms with Gasteiger partial charge in [0.25, 0.3) is 5.79 Å². The topological polar surface area (TPSA) is 46.5 Å². The van der Waals surface area contributed by atoms with Crippen molar-refractivity contribution in [1.82, 2.24) is 0 Å². The lowest BCUT2D eigenvalue weighted by Gasteiger charge is -2.23. The number of benzene rings is 2. The van der Waals surface area contributed by atoms with E-state index in [0.29, 0.717) is 11.3 Å². The molecular weight excluding hydrogens is 228 g/mol. The highest BCUT2D eigenvalue weighted by atomic mass is 16.6. The lowest BCUT2D eigenvalue weighted by Crippen LogP contribution is -2.41. The zero-order valence-electron chi connectivity index (χ0n) is 10.0. The molecule has 0 bridgehead atoms. The number of para-hydroxylation sites is 1. The molecule has 1 unspecified atom stereocenters. The summed E-state index contributed by atoms with van der Waals surface area (Å²) in [6, 6.07) is 17.3. The highest BCUT2D eigenvalue weighted by Gasteiger charge is 2.33. The summed E-state index contributed by atoms with van der Waals surface area (Å²) in [5.74, 6) is -1.89. The Labute approximate surface area is 106 Å². The molecule has 3 nitrogen and oxygen atoms in total. The average molecular weight is 242 g/mol. The number of aliphatic hydroxyl groups is 1. The summed E-state index contributed by atoms with van der Waals surface area (Å²) < 4.78 is 5.32. The number of hydrogen-bond acceptors (Lipinski definition) is 3. The van der Waals surface area contributed by atoms with Gasteiger partial charge in [0, 0.05) is 12.5 Å². The molecule has 2 rings (SSSR count). The zero-order valence-corrected chi connectivity index (χ0v) is 10.0. The Morgan fingerprint density at radius 3 is 2.06 bits per heavy atom. The molecule has 0 aliphatic heterocycles. The van der Waals surface area contributed by atoms with Crippen molar-refractivity contribution in [1.29, 1.82) is 0 Å². The predicted molar refractivity (Wildman–Crippen MR) is 68.5 cm³/mol. The van der Waals surface area contributed by atoms with E-state index in [2.05, 4.69) is 0 Å². The summed E-state index contributed by atoms with van der Waals surface area (Å²) in [7, 11) is 0. The van der Waals surface area contributed by atoms with Crippen LogP contribution < -0.4 is 4.74 Å². The Kier molecular flexibility index (Phi) is 3.44. The number of hydrogen-bond donors (Lipinski definition) is 1. The second kappa shape index (κ2) is 5.02. The number of carbonyl (C=O) groups excluding carboxylic acids is 1. The quantitative estimate of drug-likeness (QED) is 0.662. The highest BCUT2D eigenvalue weighted by Crippen LogP contribution is 2.19. The van der Waals surface area contributed by atoms with Gasteiger partial charge in [-0.15, -0.1) is 0 Å². The molecular formula is C15H14O3. The van der Waals surface area contributed by atoms with Gasteiger partial charge in [-0.1, -0.05) is 48.5 Å². The Hall–Kier alpha value is -2.13. The van der Waals surface area contributed by atoms with Crippen LogP contribution in [0.1, 0.15) is 17.3 Å². The highest BCUT2D eigenvalue weighted by molar-refractivity contribution is 6.01. The number of Topliss-reactive ketones (excluding diaryl/α,β-unsaturated/α-hetero) is 1. The van der Waals surface area contributed by atoms with Crippen molar-refractivity contribution in [3.63, 3.8) is 0 Å². The molecule has 92 valence electrons. The van der Waals surface area contributed by atoms with Crippen LogP contribution in [0.5, 0.6) is 5.75 Å². The van der Waals surface area contributed by atoms with Gasteiger partial charge < -0.3 is 9.84 Å². The fourth-order valence-electron chi connectivity index (χ4n) is 1.62. The standard InChI is InChI=1S/C15H14O3/c1-15(17,18-13-10-6-3-7-11-13)14(16)12-8-4-2-5-9-12/h2-11,17H,1H3. The monoisotopic (exact) mass is 242 g/mol. The van der Waals surface area contributed by atoms with E-state index in [9.17, 15) is 9.90 Å². The summed E-state index contributed by atoms with van der Waals surface area (Å²) >= 11 is 0. The van der Waals surface area contributed by atoms with Crippen LogP contribution in [0.3, 0.4) is 0 Å². The van der Waals surface area contributed by atoms with Crippen molar-refractivity contribution < 1.29 is 14.6 Å². The third kappa shape index (κ3) is 2.76. The van der Waals surface area contributed by atoms with Gasteiger partial charge in [0.05, 0.1) is 0 Å². The molecule has 0 fully saturated rings. The first-order chi connectivity index (χ1) is 8.59. The SMILES string of the molecule is CC(O)(Oc1ccccc1)C(=O)c1ccccc1. The molecule has 0 amide bonds. The van der Waals surface area contributed by atoms with E-state index in [1.165, 1.54) is 6.92 Å². The lowest BCUT2D eigenvalue weighted by molar-refractivity contribution is -0.0855. The van der Waals surface area contributed by atoms with E-state index in [-0.39, 0.29) is 0 Å². The van der Waals surface area contributed by atoms with Gasteiger partial charge in [0.2, 0.25) is 5.78 Å². The summed E-state index contributed by atoms with van der Waals surface area (Å²) in [6.07, 6.45) is 0. The Morgan fingerprint density at radius 1 is 1.00 bits per heavy atom. The van der Waals surface area contributed by atoms with E-state index in [4.69, 9.17) is 4.74 Å². The van der Waals surface area contributed by atoms with Crippen LogP contribution in [0.15, 0.2) is 60.7 Å². The van der Waals surface area contributed by atoms with E-state index < -0.39 is 11.6 Å². The van der Waals surface area contributed by atoms with Gasteiger partial charge in [-0.3, -0.25) is 4.79 Å². The maximum Gasteiger partial charge on any atom is 0.269 e. The van der Waals surface area contributed by atoms with E-state index in [1.54, 1.807) is 48.5 Å². The second-order valence-corrected chi connectivity index (χ2v) is 4.09. The molecule has 2 aromatic rings. The summed E-state index contributed by atoms with van der Waals surface area (Å²) in [6.45, 7) is 1.34. The maximum absolute atomic E-state index is 12.1.